The van der Waals surface area contributed by atoms with E-state index in [0.717, 1.165) is 5.39 Å². The molecule has 4 aromatic rings. The van der Waals surface area contributed by atoms with E-state index in [0.29, 0.717) is 39.7 Å². The number of imide groups is 1. The van der Waals surface area contributed by atoms with Gasteiger partial charge in [0.05, 0.1) is 17.4 Å². The summed E-state index contributed by atoms with van der Waals surface area (Å²) in [5.41, 5.74) is 1.32. The number of amides is 3. The standard InChI is InChI=1S/C26H22N4O4/c1-29(15-21-27-20-12-3-2-9-17(20)24(32)28-21)22(31)13-6-14-30-25(33)18-10-4-7-16-8-5-11-19(23(16)18)26(30)34/h2-5,7-12H,6,13-15H2,1H3,(H,27,28,32). The van der Waals surface area contributed by atoms with Crippen LogP contribution in [0.15, 0.2) is 65.5 Å². The Labute approximate surface area is 194 Å². The number of rotatable bonds is 6. The fraction of sp³-hybridized carbons (Fsp3) is 0.192. The number of aromatic nitrogens is 2. The average Bonchev–Trinajstić information content (AvgIpc) is 2.84. The first kappa shape index (κ1) is 21.5. The number of nitrogens with zero attached hydrogens (tertiary/aromatic N) is 3. The maximum atomic E-state index is 13.0. The van der Waals surface area contributed by atoms with Gasteiger partial charge in [-0.2, -0.15) is 0 Å². The minimum atomic E-state index is -0.340. The Kier molecular flexibility index (Phi) is 5.41. The van der Waals surface area contributed by atoms with Gasteiger partial charge in [0.15, 0.2) is 0 Å². The lowest BCUT2D eigenvalue weighted by Crippen LogP contribution is -2.41. The van der Waals surface area contributed by atoms with Crippen molar-refractivity contribution < 1.29 is 14.4 Å². The van der Waals surface area contributed by atoms with Crippen LogP contribution in [0.2, 0.25) is 0 Å². The van der Waals surface area contributed by atoms with Crippen molar-refractivity contribution in [2.75, 3.05) is 13.6 Å². The van der Waals surface area contributed by atoms with E-state index in [1.165, 1.54) is 9.80 Å². The van der Waals surface area contributed by atoms with Crippen LogP contribution in [0, 0.1) is 0 Å². The Hall–Kier alpha value is -4.33. The third-order valence-corrected chi connectivity index (χ3v) is 6.10. The number of carbonyl (C=O) groups is 3. The molecule has 0 saturated carbocycles. The molecule has 3 amide bonds. The van der Waals surface area contributed by atoms with E-state index in [2.05, 4.69) is 9.97 Å². The molecule has 34 heavy (non-hydrogen) atoms. The van der Waals surface area contributed by atoms with Crippen LogP contribution in [0.25, 0.3) is 21.7 Å². The van der Waals surface area contributed by atoms with Gasteiger partial charge in [0, 0.05) is 36.5 Å². The molecule has 0 aliphatic carbocycles. The summed E-state index contributed by atoms with van der Waals surface area (Å²) in [7, 11) is 1.63. The summed E-state index contributed by atoms with van der Waals surface area (Å²) in [6, 6.07) is 17.8. The highest BCUT2D eigenvalue weighted by molar-refractivity contribution is 6.25. The monoisotopic (exact) mass is 454 g/mol. The molecule has 2 heterocycles. The minimum absolute atomic E-state index is 0.146. The Morgan fingerprint density at radius 1 is 0.941 bits per heavy atom. The van der Waals surface area contributed by atoms with E-state index in [1.54, 1.807) is 55.6 Å². The molecule has 0 unspecified atom stereocenters. The maximum absolute atomic E-state index is 13.0. The molecule has 8 heteroatoms. The number of H-pyrrole nitrogens is 1. The van der Waals surface area contributed by atoms with Crippen LogP contribution in [0.4, 0.5) is 0 Å². The molecule has 0 radical (unpaired) electrons. The van der Waals surface area contributed by atoms with E-state index >= 15 is 0 Å². The molecule has 0 spiro atoms. The lowest BCUT2D eigenvalue weighted by atomic mass is 9.94. The zero-order valence-electron chi connectivity index (χ0n) is 18.6. The van der Waals surface area contributed by atoms with E-state index < -0.39 is 0 Å². The smallest absolute Gasteiger partial charge is 0.261 e. The fourth-order valence-corrected chi connectivity index (χ4v) is 4.39. The molecule has 170 valence electrons. The Morgan fingerprint density at radius 2 is 1.62 bits per heavy atom. The van der Waals surface area contributed by atoms with Crippen LogP contribution >= 0.6 is 0 Å². The Morgan fingerprint density at radius 3 is 2.32 bits per heavy atom. The molecule has 0 atom stereocenters. The largest absolute Gasteiger partial charge is 0.338 e. The van der Waals surface area contributed by atoms with Gasteiger partial charge in [0.2, 0.25) is 5.91 Å². The molecule has 0 fully saturated rings. The quantitative estimate of drug-likeness (QED) is 0.451. The second kappa shape index (κ2) is 8.55. The van der Waals surface area contributed by atoms with Crippen LogP contribution in [0.1, 0.15) is 39.4 Å². The van der Waals surface area contributed by atoms with Crippen LogP contribution in [0.5, 0.6) is 0 Å². The van der Waals surface area contributed by atoms with Gasteiger partial charge in [0.1, 0.15) is 5.82 Å². The molecule has 5 rings (SSSR count). The topological polar surface area (TPSA) is 103 Å². The van der Waals surface area contributed by atoms with Crippen LogP contribution in [0.3, 0.4) is 0 Å². The minimum Gasteiger partial charge on any atom is -0.338 e. The molecule has 3 aromatic carbocycles. The SMILES string of the molecule is CN(Cc1nc2ccccc2c(=O)[nH]1)C(=O)CCCN1C(=O)c2cccc3cccc(c23)C1=O. The second-order valence-corrected chi connectivity index (χ2v) is 8.35. The number of para-hydroxylation sites is 1. The molecule has 1 aliphatic heterocycles. The molecule has 0 bridgehead atoms. The third-order valence-electron chi connectivity index (χ3n) is 6.10. The summed E-state index contributed by atoms with van der Waals surface area (Å²) in [5.74, 6) is -0.457. The summed E-state index contributed by atoms with van der Waals surface area (Å²) >= 11 is 0. The lowest BCUT2D eigenvalue weighted by Gasteiger charge is -2.27. The van der Waals surface area contributed by atoms with Crippen molar-refractivity contribution in [3.63, 3.8) is 0 Å². The van der Waals surface area contributed by atoms with Crippen LogP contribution < -0.4 is 5.56 Å². The predicted octanol–water partition coefficient (Wildman–Crippen LogP) is 3.11. The van der Waals surface area contributed by atoms with Crippen molar-refractivity contribution >= 4 is 39.4 Å². The lowest BCUT2D eigenvalue weighted by molar-refractivity contribution is -0.130. The normalized spacial score (nSPS) is 13.0. The number of fused-ring (bicyclic) bond motifs is 1. The van der Waals surface area contributed by atoms with Gasteiger partial charge in [-0.15, -0.1) is 0 Å². The van der Waals surface area contributed by atoms with Crippen molar-refractivity contribution in [2.24, 2.45) is 0 Å². The molecular weight excluding hydrogens is 432 g/mol. The van der Waals surface area contributed by atoms with Crippen LogP contribution in [-0.4, -0.2) is 51.1 Å². The summed E-state index contributed by atoms with van der Waals surface area (Å²) in [6.45, 7) is 0.295. The maximum Gasteiger partial charge on any atom is 0.261 e. The van der Waals surface area contributed by atoms with E-state index in [1.807, 2.05) is 12.1 Å². The van der Waals surface area contributed by atoms with Gasteiger partial charge in [-0.1, -0.05) is 36.4 Å². The van der Waals surface area contributed by atoms with Gasteiger partial charge in [0.25, 0.3) is 17.4 Å². The number of nitrogens with one attached hydrogen (secondary N) is 1. The average molecular weight is 454 g/mol. The number of hydrogen-bond acceptors (Lipinski definition) is 5. The van der Waals surface area contributed by atoms with Crippen molar-refractivity contribution in [3.05, 3.63) is 88.0 Å². The zero-order chi connectivity index (χ0) is 23.8. The van der Waals surface area contributed by atoms with E-state index in [9.17, 15) is 19.2 Å². The van der Waals surface area contributed by atoms with E-state index in [-0.39, 0.29) is 42.8 Å². The van der Waals surface area contributed by atoms with Gasteiger partial charge in [-0.05, 0) is 36.1 Å². The molecule has 1 aromatic heterocycles. The fourth-order valence-electron chi connectivity index (χ4n) is 4.39. The highest BCUT2D eigenvalue weighted by Crippen LogP contribution is 2.30. The highest BCUT2D eigenvalue weighted by atomic mass is 16.2. The Bertz CT molecular complexity index is 1470. The van der Waals surface area contributed by atoms with Crippen LogP contribution in [-0.2, 0) is 11.3 Å². The summed E-state index contributed by atoms with van der Waals surface area (Å²) < 4.78 is 0. The zero-order valence-corrected chi connectivity index (χ0v) is 18.6. The Balaban J connectivity index is 1.24. The first-order chi connectivity index (χ1) is 16.4. The number of hydrogen-bond donors (Lipinski definition) is 1. The van der Waals surface area contributed by atoms with E-state index in [4.69, 9.17) is 0 Å². The summed E-state index contributed by atoms with van der Waals surface area (Å²) in [6.07, 6.45) is 0.484. The van der Waals surface area contributed by atoms with Gasteiger partial charge < -0.3 is 9.88 Å². The summed E-state index contributed by atoms with van der Waals surface area (Å²) in [5, 5.41) is 2.03. The molecular formula is C26H22N4O4. The first-order valence-corrected chi connectivity index (χ1v) is 11.0. The van der Waals surface area contributed by atoms with Gasteiger partial charge in [-0.25, -0.2) is 4.98 Å². The van der Waals surface area contributed by atoms with Crippen molar-refractivity contribution in [1.82, 2.24) is 19.8 Å². The first-order valence-electron chi connectivity index (χ1n) is 11.0. The second-order valence-electron chi connectivity index (χ2n) is 8.35. The molecule has 0 saturated heterocycles. The number of benzene rings is 3. The van der Waals surface area contributed by atoms with Crippen molar-refractivity contribution in [1.29, 1.82) is 0 Å². The number of aromatic amines is 1. The number of carbonyl (C=O) groups excluding carboxylic acids is 3. The van der Waals surface area contributed by atoms with Crippen molar-refractivity contribution in [3.8, 4) is 0 Å². The van der Waals surface area contributed by atoms with Gasteiger partial charge >= 0.3 is 0 Å². The highest BCUT2D eigenvalue weighted by Gasteiger charge is 2.32. The predicted molar refractivity (Wildman–Crippen MR) is 127 cm³/mol. The molecule has 8 nitrogen and oxygen atoms in total. The summed E-state index contributed by atoms with van der Waals surface area (Å²) in [4.78, 5) is 60.7. The van der Waals surface area contributed by atoms with Gasteiger partial charge in [-0.3, -0.25) is 24.1 Å². The third kappa shape index (κ3) is 3.73. The van der Waals surface area contributed by atoms with Crippen molar-refractivity contribution in [2.45, 2.75) is 19.4 Å². The molecule has 1 aliphatic rings. The molecule has 1 N–H and O–H groups in total.